The first-order chi connectivity index (χ1) is 21.6. The van der Waals surface area contributed by atoms with Crippen LogP contribution in [0.25, 0.3) is 0 Å². The van der Waals surface area contributed by atoms with E-state index in [4.69, 9.17) is 16.3 Å². The van der Waals surface area contributed by atoms with Gasteiger partial charge < -0.3 is 20.1 Å². The molecule has 3 amide bonds. The Kier molecular flexibility index (Phi) is 10.4. The van der Waals surface area contributed by atoms with Crippen LogP contribution in [0.4, 0.5) is 38.5 Å². The number of ether oxygens (including phenoxy) is 2. The van der Waals surface area contributed by atoms with Gasteiger partial charge in [-0.3, -0.25) is 10.3 Å². The molecule has 13 heteroatoms. The monoisotopic (exact) mass is 658 g/mol. The highest BCUT2D eigenvalue weighted by Gasteiger charge is 2.44. The number of urea groups is 1. The van der Waals surface area contributed by atoms with Gasteiger partial charge in [-0.15, -0.1) is 0 Å². The number of nitrogens with one attached hydrogen (secondary N) is 3. The fraction of sp³-hybridized carbons (Fsp3) is 0.242. The molecule has 0 spiro atoms. The minimum atomic E-state index is -4.76. The SMILES string of the molecule is CC(C)(C)OC(=O)Nc1ccc(NC(=O)N[C@@](Cc2ccccc2)(c2cccc(OC(F)(F)C(F)F)c2)c2ccc(Cl)cn2)cc1. The fourth-order valence-electron chi connectivity index (χ4n) is 4.49. The number of benzene rings is 3. The van der Waals surface area contributed by atoms with Crippen molar-refractivity contribution in [1.82, 2.24) is 10.3 Å². The van der Waals surface area contributed by atoms with Gasteiger partial charge in [-0.05, 0) is 80.4 Å². The predicted octanol–water partition coefficient (Wildman–Crippen LogP) is 8.63. The quantitative estimate of drug-likeness (QED) is 0.148. The van der Waals surface area contributed by atoms with Gasteiger partial charge in [-0.25, -0.2) is 9.59 Å². The summed E-state index contributed by atoms with van der Waals surface area (Å²) in [4.78, 5) is 30.2. The van der Waals surface area contributed by atoms with Crippen LogP contribution < -0.4 is 20.7 Å². The smallest absolute Gasteiger partial charge is 0.444 e. The number of hydrogen-bond donors (Lipinski definition) is 3. The fourth-order valence-corrected chi connectivity index (χ4v) is 4.60. The summed E-state index contributed by atoms with van der Waals surface area (Å²) >= 11 is 6.11. The van der Waals surface area contributed by atoms with Crippen LogP contribution in [0, 0.1) is 0 Å². The van der Waals surface area contributed by atoms with Crippen LogP contribution in [0.3, 0.4) is 0 Å². The topological polar surface area (TPSA) is 102 Å². The first-order valence-corrected chi connectivity index (χ1v) is 14.3. The van der Waals surface area contributed by atoms with E-state index < -0.39 is 41.5 Å². The molecule has 0 radical (unpaired) electrons. The van der Waals surface area contributed by atoms with E-state index in [0.29, 0.717) is 16.4 Å². The predicted molar refractivity (Wildman–Crippen MR) is 167 cm³/mol. The first kappa shape index (κ1) is 34.0. The van der Waals surface area contributed by atoms with E-state index in [1.54, 1.807) is 87.5 Å². The van der Waals surface area contributed by atoms with Gasteiger partial charge in [0, 0.05) is 24.0 Å². The molecule has 242 valence electrons. The molecule has 1 aromatic heterocycles. The first-order valence-electron chi connectivity index (χ1n) is 14.0. The van der Waals surface area contributed by atoms with Gasteiger partial charge >= 0.3 is 24.7 Å². The van der Waals surface area contributed by atoms with Crippen molar-refractivity contribution in [3.8, 4) is 5.75 Å². The van der Waals surface area contributed by atoms with Crippen molar-refractivity contribution in [2.24, 2.45) is 0 Å². The minimum absolute atomic E-state index is 0.0589. The Morgan fingerprint density at radius 1 is 0.870 bits per heavy atom. The molecule has 0 unspecified atom stereocenters. The molecule has 3 N–H and O–H groups in total. The summed E-state index contributed by atoms with van der Waals surface area (Å²) < 4.78 is 63.3. The zero-order chi connectivity index (χ0) is 33.5. The molecule has 3 aromatic carbocycles. The molecule has 1 atom stereocenters. The molecular formula is C33H31ClF4N4O4. The zero-order valence-corrected chi connectivity index (χ0v) is 25.7. The number of rotatable bonds is 10. The number of aromatic nitrogens is 1. The maximum absolute atomic E-state index is 13.9. The molecule has 0 aliphatic carbocycles. The number of hydrogen-bond acceptors (Lipinski definition) is 5. The minimum Gasteiger partial charge on any atom is -0.444 e. The van der Waals surface area contributed by atoms with Crippen molar-refractivity contribution < 1.29 is 36.6 Å². The third-order valence-electron chi connectivity index (χ3n) is 6.43. The van der Waals surface area contributed by atoms with Crippen LogP contribution in [-0.2, 0) is 16.7 Å². The van der Waals surface area contributed by atoms with E-state index >= 15 is 0 Å². The molecule has 0 fully saturated rings. The number of carbonyl (C=O) groups excluding carboxylic acids is 2. The molecule has 1 heterocycles. The highest BCUT2D eigenvalue weighted by Crippen LogP contribution is 2.36. The maximum Gasteiger partial charge on any atom is 0.461 e. The van der Waals surface area contributed by atoms with Crippen LogP contribution in [0.15, 0.2) is 97.2 Å². The second kappa shape index (κ2) is 14.1. The van der Waals surface area contributed by atoms with Gasteiger partial charge in [0.2, 0.25) is 0 Å². The zero-order valence-electron chi connectivity index (χ0n) is 25.0. The van der Waals surface area contributed by atoms with Crippen LogP contribution >= 0.6 is 11.6 Å². The molecular weight excluding hydrogens is 628 g/mol. The van der Waals surface area contributed by atoms with Gasteiger partial charge in [0.25, 0.3) is 0 Å². The van der Waals surface area contributed by atoms with Crippen molar-refractivity contribution in [1.29, 1.82) is 0 Å². The summed E-state index contributed by atoms with van der Waals surface area (Å²) in [6, 6.07) is 22.7. The van der Waals surface area contributed by atoms with Crippen molar-refractivity contribution in [3.05, 3.63) is 119 Å². The number of amides is 3. The van der Waals surface area contributed by atoms with Crippen LogP contribution in [-0.4, -0.2) is 35.2 Å². The molecule has 0 saturated heterocycles. The van der Waals surface area contributed by atoms with Crippen LogP contribution in [0.5, 0.6) is 5.75 Å². The van der Waals surface area contributed by atoms with Crippen molar-refractivity contribution in [2.45, 2.75) is 50.9 Å². The van der Waals surface area contributed by atoms with E-state index in [2.05, 4.69) is 25.7 Å². The lowest BCUT2D eigenvalue weighted by Gasteiger charge is -2.35. The lowest BCUT2D eigenvalue weighted by atomic mass is 9.80. The van der Waals surface area contributed by atoms with Gasteiger partial charge in [-0.1, -0.05) is 54.1 Å². The molecule has 0 saturated carbocycles. The third kappa shape index (κ3) is 9.10. The summed E-state index contributed by atoms with van der Waals surface area (Å²) in [6.45, 7) is 5.20. The molecule has 8 nitrogen and oxygen atoms in total. The number of halogens is 5. The molecule has 4 aromatic rings. The van der Waals surface area contributed by atoms with Crippen molar-refractivity contribution >= 4 is 35.1 Å². The van der Waals surface area contributed by atoms with Crippen LogP contribution in [0.1, 0.15) is 37.6 Å². The largest absolute Gasteiger partial charge is 0.461 e. The second-order valence-corrected chi connectivity index (χ2v) is 11.6. The van der Waals surface area contributed by atoms with Gasteiger partial charge in [0.05, 0.1) is 10.7 Å². The van der Waals surface area contributed by atoms with E-state index in [1.165, 1.54) is 18.3 Å². The van der Waals surface area contributed by atoms with E-state index in [1.807, 2.05) is 0 Å². The lowest BCUT2D eigenvalue weighted by Crippen LogP contribution is -2.50. The summed E-state index contributed by atoms with van der Waals surface area (Å²) in [6.07, 6.45) is -8.06. The molecule has 0 bridgehead atoms. The molecule has 46 heavy (non-hydrogen) atoms. The van der Waals surface area contributed by atoms with Crippen molar-refractivity contribution in [2.75, 3.05) is 10.6 Å². The van der Waals surface area contributed by atoms with Gasteiger partial charge in [-0.2, -0.15) is 17.6 Å². The van der Waals surface area contributed by atoms with E-state index in [9.17, 15) is 27.2 Å². The molecule has 0 aliphatic heterocycles. The Morgan fingerprint density at radius 3 is 2.11 bits per heavy atom. The summed E-state index contributed by atoms with van der Waals surface area (Å²) in [7, 11) is 0. The van der Waals surface area contributed by atoms with E-state index in [0.717, 1.165) is 17.7 Å². The third-order valence-corrected chi connectivity index (χ3v) is 6.65. The van der Waals surface area contributed by atoms with Gasteiger partial charge in [0.1, 0.15) is 16.9 Å². The Balaban J connectivity index is 1.70. The Hall–Kier alpha value is -4.84. The van der Waals surface area contributed by atoms with E-state index in [-0.39, 0.29) is 17.7 Å². The maximum atomic E-state index is 13.9. The highest BCUT2D eigenvalue weighted by atomic mass is 35.5. The Labute approximate surface area is 268 Å². The average molecular weight is 659 g/mol. The van der Waals surface area contributed by atoms with Gasteiger partial charge in [0.15, 0.2) is 0 Å². The number of nitrogens with zero attached hydrogens (tertiary/aromatic N) is 1. The number of carbonyl (C=O) groups is 2. The number of alkyl halides is 4. The van der Waals surface area contributed by atoms with Crippen molar-refractivity contribution in [3.63, 3.8) is 0 Å². The molecule has 0 aliphatic rings. The Morgan fingerprint density at radius 2 is 1.52 bits per heavy atom. The lowest BCUT2D eigenvalue weighted by molar-refractivity contribution is -0.253. The average Bonchev–Trinajstić information content (AvgIpc) is 2.97. The summed E-state index contributed by atoms with van der Waals surface area (Å²) in [5.41, 5.74) is -0.273. The number of anilines is 2. The summed E-state index contributed by atoms with van der Waals surface area (Å²) in [5.74, 6) is -0.551. The number of pyridine rings is 1. The van der Waals surface area contributed by atoms with Crippen LogP contribution in [0.2, 0.25) is 5.02 Å². The summed E-state index contributed by atoms with van der Waals surface area (Å²) in [5, 5.41) is 8.55. The second-order valence-electron chi connectivity index (χ2n) is 11.2. The highest BCUT2D eigenvalue weighted by molar-refractivity contribution is 6.30. The standard InChI is InChI=1S/C33H31ClF4N4O4/c1-31(2,3)46-30(44)41-25-15-13-24(14-16-25)40-29(43)42-32(19-21-8-5-4-6-9-21,27-17-12-23(34)20-39-27)22-10-7-11-26(18-22)45-33(37,38)28(35)36/h4-18,20,28H,19H2,1-3H3,(H,41,44)(H2,40,42,43)/t32-/m0/s1. The normalized spacial score (nSPS) is 13.0. The Bertz CT molecular complexity index is 1640. The molecule has 4 rings (SSSR count).